The molecule has 0 saturated carbocycles. The molecule has 1 atom stereocenters. The molecule has 2 fully saturated rings. The van der Waals surface area contributed by atoms with Gasteiger partial charge in [-0.3, -0.25) is 4.90 Å². The molecule has 1 N–H and O–H groups in total. The fraction of sp³-hybridized carbons (Fsp3) is 0.625. The number of ether oxygens (including phenoxy) is 1. The molecule has 0 bridgehead atoms. The molecule has 0 amide bonds. The molecule has 1 aromatic rings. The fourth-order valence-electron chi connectivity index (χ4n) is 3.25. The molecule has 3 rings (SSSR count). The van der Waals surface area contributed by atoms with E-state index in [-0.39, 0.29) is 0 Å². The fourth-order valence-corrected chi connectivity index (χ4v) is 3.25. The molecule has 3 heteroatoms. The number of nitrogens with one attached hydrogen (secondary N) is 1. The van der Waals surface area contributed by atoms with E-state index in [9.17, 15) is 0 Å². The first kappa shape index (κ1) is 13.1. The molecule has 0 aliphatic carbocycles. The minimum Gasteiger partial charge on any atom is -0.378 e. The largest absolute Gasteiger partial charge is 0.378 e. The first-order chi connectivity index (χ1) is 9.43. The second kappa shape index (κ2) is 6.51. The van der Waals surface area contributed by atoms with Crippen LogP contribution in [0.4, 0.5) is 0 Å². The van der Waals surface area contributed by atoms with E-state index in [1.54, 1.807) is 0 Å². The second-order valence-electron chi connectivity index (χ2n) is 5.65. The topological polar surface area (TPSA) is 24.5 Å². The third-order valence-corrected chi connectivity index (χ3v) is 4.43. The lowest BCUT2D eigenvalue weighted by Gasteiger charge is -2.37. The summed E-state index contributed by atoms with van der Waals surface area (Å²) < 4.78 is 5.67. The van der Waals surface area contributed by atoms with Gasteiger partial charge in [-0.1, -0.05) is 30.3 Å². The summed E-state index contributed by atoms with van der Waals surface area (Å²) in [5, 5.41) is 3.47. The third-order valence-electron chi connectivity index (χ3n) is 4.43. The summed E-state index contributed by atoms with van der Waals surface area (Å²) in [6.07, 6.45) is 2.56. The van der Waals surface area contributed by atoms with Crippen LogP contribution in [0.15, 0.2) is 30.3 Å². The van der Waals surface area contributed by atoms with Crippen molar-refractivity contribution in [3.63, 3.8) is 0 Å². The molecule has 104 valence electrons. The van der Waals surface area contributed by atoms with E-state index in [0.717, 1.165) is 32.2 Å². The lowest BCUT2D eigenvalue weighted by atomic mass is 9.89. The Morgan fingerprint density at radius 3 is 2.68 bits per heavy atom. The number of benzene rings is 1. The van der Waals surface area contributed by atoms with Gasteiger partial charge in [0.25, 0.3) is 0 Å². The minimum atomic E-state index is 0.569. The predicted molar refractivity (Wildman–Crippen MR) is 77.5 cm³/mol. The SMILES string of the molecule is c1ccc(C2CCN(C3CNCCOC3)CC2)cc1. The van der Waals surface area contributed by atoms with Crippen LogP contribution in [0, 0.1) is 0 Å². The van der Waals surface area contributed by atoms with Gasteiger partial charge in [0, 0.05) is 19.1 Å². The van der Waals surface area contributed by atoms with E-state index in [4.69, 9.17) is 4.74 Å². The van der Waals surface area contributed by atoms with Crippen molar-refractivity contribution in [3.8, 4) is 0 Å². The molecule has 0 radical (unpaired) electrons. The van der Waals surface area contributed by atoms with E-state index in [1.165, 1.54) is 31.5 Å². The number of nitrogens with zero attached hydrogens (tertiary/aromatic N) is 1. The Morgan fingerprint density at radius 1 is 1.11 bits per heavy atom. The van der Waals surface area contributed by atoms with Crippen LogP contribution in [-0.2, 0) is 4.74 Å². The van der Waals surface area contributed by atoms with Crippen molar-refractivity contribution in [2.45, 2.75) is 24.8 Å². The first-order valence-electron chi connectivity index (χ1n) is 7.51. The molecule has 2 aliphatic heterocycles. The maximum absolute atomic E-state index is 5.67. The Bertz CT molecular complexity index is 366. The van der Waals surface area contributed by atoms with Crippen molar-refractivity contribution >= 4 is 0 Å². The minimum absolute atomic E-state index is 0.569. The zero-order chi connectivity index (χ0) is 12.9. The highest BCUT2D eigenvalue weighted by Gasteiger charge is 2.26. The smallest absolute Gasteiger partial charge is 0.0634 e. The molecule has 1 unspecified atom stereocenters. The molecule has 19 heavy (non-hydrogen) atoms. The van der Waals surface area contributed by atoms with Gasteiger partial charge in [-0.25, -0.2) is 0 Å². The van der Waals surface area contributed by atoms with Gasteiger partial charge in [-0.2, -0.15) is 0 Å². The van der Waals surface area contributed by atoms with Crippen molar-refractivity contribution in [3.05, 3.63) is 35.9 Å². The van der Waals surface area contributed by atoms with E-state index in [0.29, 0.717) is 6.04 Å². The van der Waals surface area contributed by atoms with Gasteiger partial charge in [0.1, 0.15) is 0 Å². The number of hydrogen-bond donors (Lipinski definition) is 1. The Labute approximate surface area is 115 Å². The number of likely N-dealkylation sites (tertiary alicyclic amines) is 1. The van der Waals surface area contributed by atoms with Crippen molar-refractivity contribution in [1.29, 1.82) is 0 Å². The maximum atomic E-state index is 5.67. The van der Waals surface area contributed by atoms with Gasteiger partial charge in [-0.05, 0) is 37.4 Å². The summed E-state index contributed by atoms with van der Waals surface area (Å²) in [5.74, 6) is 0.747. The van der Waals surface area contributed by atoms with Crippen LogP contribution >= 0.6 is 0 Å². The van der Waals surface area contributed by atoms with Gasteiger partial charge < -0.3 is 10.1 Å². The van der Waals surface area contributed by atoms with Gasteiger partial charge in [0.15, 0.2) is 0 Å². The van der Waals surface area contributed by atoms with Crippen LogP contribution in [0.1, 0.15) is 24.3 Å². The summed E-state index contributed by atoms with van der Waals surface area (Å²) in [6.45, 7) is 6.23. The number of rotatable bonds is 2. The summed E-state index contributed by atoms with van der Waals surface area (Å²) in [5.41, 5.74) is 1.51. The second-order valence-corrected chi connectivity index (χ2v) is 5.65. The Balaban J connectivity index is 1.54. The molecule has 0 spiro atoms. The summed E-state index contributed by atoms with van der Waals surface area (Å²) >= 11 is 0. The summed E-state index contributed by atoms with van der Waals surface area (Å²) in [7, 11) is 0. The van der Waals surface area contributed by atoms with E-state index in [1.807, 2.05) is 0 Å². The highest BCUT2D eigenvalue weighted by Crippen LogP contribution is 2.28. The monoisotopic (exact) mass is 260 g/mol. The van der Waals surface area contributed by atoms with E-state index >= 15 is 0 Å². The van der Waals surface area contributed by atoms with Crippen LogP contribution in [0.2, 0.25) is 0 Å². The first-order valence-corrected chi connectivity index (χ1v) is 7.51. The Morgan fingerprint density at radius 2 is 1.89 bits per heavy atom. The highest BCUT2D eigenvalue weighted by molar-refractivity contribution is 5.20. The van der Waals surface area contributed by atoms with Crippen LogP contribution in [0.3, 0.4) is 0 Å². The molecule has 1 aromatic carbocycles. The van der Waals surface area contributed by atoms with Gasteiger partial charge in [0.2, 0.25) is 0 Å². The standard InChI is InChI=1S/C16H24N2O/c1-2-4-14(5-3-1)15-6-9-18(10-7-15)16-12-17-8-11-19-13-16/h1-5,15-17H,6-13H2. The van der Waals surface area contributed by atoms with Crippen molar-refractivity contribution in [2.75, 3.05) is 39.4 Å². The average Bonchev–Trinajstić information content (AvgIpc) is 2.77. The molecule has 2 heterocycles. The van der Waals surface area contributed by atoms with Crippen LogP contribution in [-0.4, -0.2) is 50.3 Å². The third kappa shape index (κ3) is 3.35. The quantitative estimate of drug-likeness (QED) is 0.878. The van der Waals surface area contributed by atoms with Crippen LogP contribution in [0.5, 0.6) is 0 Å². The lowest BCUT2D eigenvalue weighted by Crippen LogP contribution is -2.47. The number of hydrogen-bond acceptors (Lipinski definition) is 3. The molecular formula is C16H24N2O. The predicted octanol–water partition coefficient (Wildman–Crippen LogP) is 1.85. The summed E-state index contributed by atoms with van der Waals surface area (Å²) in [4.78, 5) is 2.61. The van der Waals surface area contributed by atoms with Crippen LogP contribution in [0.25, 0.3) is 0 Å². The lowest BCUT2D eigenvalue weighted by molar-refractivity contribution is 0.0668. The highest BCUT2D eigenvalue weighted by atomic mass is 16.5. The zero-order valence-electron chi connectivity index (χ0n) is 11.6. The van der Waals surface area contributed by atoms with Crippen molar-refractivity contribution in [1.82, 2.24) is 10.2 Å². The Hall–Kier alpha value is -0.900. The Kier molecular flexibility index (Phi) is 4.49. The van der Waals surface area contributed by atoms with Crippen molar-refractivity contribution in [2.24, 2.45) is 0 Å². The average molecular weight is 260 g/mol. The number of piperidine rings is 1. The molecule has 2 saturated heterocycles. The van der Waals surface area contributed by atoms with Crippen molar-refractivity contribution < 1.29 is 4.74 Å². The van der Waals surface area contributed by atoms with E-state index < -0.39 is 0 Å². The zero-order valence-corrected chi connectivity index (χ0v) is 11.6. The van der Waals surface area contributed by atoms with Crippen LogP contribution < -0.4 is 5.32 Å². The van der Waals surface area contributed by atoms with E-state index in [2.05, 4.69) is 40.5 Å². The molecule has 3 nitrogen and oxygen atoms in total. The van der Waals surface area contributed by atoms with Gasteiger partial charge in [0.05, 0.1) is 13.2 Å². The normalized spacial score (nSPS) is 27.1. The van der Waals surface area contributed by atoms with Gasteiger partial charge >= 0.3 is 0 Å². The molecule has 2 aliphatic rings. The molecule has 0 aromatic heterocycles. The summed E-state index contributed by atoms with van der Waals surface area (Å²) in [6, 6.07) is 11.5. The molecular weight excluding hydrogens is 236 g/mol. The maximum Gasteiger partial charge on any atom is 0.0634 e. The van der Waals surface area contributed by atoms with Gasteiger partial charge in [-0.15, -0.1) is 0 Å².